The highest BCUT2D eigenvalue weighted by Crippen LogP contribution is 2.23. The first-order valence-corrected chi connectivity index (χ1v) is 7.38. The molecule has 2 fully saturated rings. The summed E-state index contributed by atoms with van der Waals surface area (Å²) in [6, 6.07) is 0.291. The van der Waals surface area contributed by atoms with Crippen molar-refractivity contribution in [3.05, 3.63) is 0 Å². The van der Waals surface area contributed by atoms with E-state index in [1.165, 1.54) is 0 Å². The molecule has 2 aliphatic heterocycles. The van der Waals surface area contributed by atoms with E-state index in [9.17, 15) is 9.59 Å². The van der Waals surface area contributed by atoms with Crippen molar-refractivity contribution in [1.29, 1.82) is 0 Å². The zero-order chi connectivity index (χ0) is 13.7. The van der Waals surface area contributed by atoms with Crippen LogP contribution in [0.4, 0.5) is 0 Å². The molecule has 0 radical (unpaired) electrons. The van der Waals surface area contributed by atoms with E-state index < -0.39 is 0 Å². The van der Waals surface area contributed by atoms with Crippen LogP contribution >= 0.6 is 0 Å². The number of rotatable bonds is 3. The second-order valence-electron chi connectivity index (χ2n) is 5.44. The van der Waals surface area contributed by atoms with Crippen molar-refractivity contribution >= 4 is 11.9 Å². The Morgan fingerprint density at radius 1 is 1.42 bits per heavy atom. The number of ether oxygens (including phenoxy) is 1. The number of hydrogen-bond donors (Lipinski definition) is 1. The third-order valence-electron chi connectivity index (χ3n) is 4.05. The Hall–Kier alpha value is -1.10. The van der Waals surface area contributed by atoms with Gasteiger partial charge in [0.15, 0.2) is 0 Å². The maximum atomic E-state index is 11.8. The summed E-state index contributed by atoms with van der Waals surface area (Å²) in [5, 5.41) is 2.91. The summed E-state index contributed by atoms with van der Waals surface area (Å²) in [7, 11) is 0. The van der Waals surface area contributed by atoms with Crippen LogP contribution < -0.4 is 5.32 Å². The number of nitrogens with zero attached hydrogens (tertiary/aromatic N) is 1. The molecule has 0 saturated carbocycles. The highest BCUT2D eigenvalue weighted by molar-refractivity contribution is 5.77. The highest BCUT2D eigenvalue weighted by Gasteiger charge is 2.31. The Bertz CT molecular complexity index is 333. The first kappa shape index (κ1) is 14.3. The molecule has 108 valence electrons. The predicted molar refractivity (Wildman–Crippen MR) is 71.6 cm³/mol. The maximum Gasteiger partial charge on any atom is 0.310 e. The minimum Gasteiger partial charge on any atom is -0.466 e. The van der Waals surface area contributed by atoms with Crippen LogP contribution in [-0.2, 0) is 14.3 Å². The molecule has 2 saturated heterocycles. The van der Waals surface area contributed by atoms with E-state index in [0.717, 1.165) is 45.3 Å². The second kappa shape index (κ2) is 6.89. The van der Waals surface area contributed by atoms with Crippen LogP contribution in [0.2, 0.25) is 0 Å². The fourth-order valence-electron chi connectivity index (χ4n) is 3.06. The Labute approximate surface area is 114 Å². The van der Waals surface area contributed by atoms with Gasteiger partial charge in [-0.15, -0.1) is 0 Å². The lowest BCUT2D eigenvalue weighted by molar-refractivity contribution is -0.150. The lowest BCUT2D eigenvalue weighted by Gasteiger charge is -2.36. The van der Waals surface area contributed by atoms with Crippen molar-refractivity contribution in [2.75, 3.05) is 26.2 Å². The van der Waals surface area contributed by atoms with Gasteiger partial charge in [0.1, 0.15) is 0 Å². The van der Waals surface area contributed by atoms with Crippen LogP contribution in [0.15, 0.2) is 0 Å². The molecule has 0 aromatic carbocycles. The Kier molecular flexibility index (Phi) is 5.19. The van der Waals surface area contributed by atoms with E-state index in [0.29, 0.717) is 19.1 Å². The molecule has 0 aromatic rings. The number of likely N-dealkylation sites (tertiary alicyclic amines) is 1. The molecule has 0 bridgehead atoms. The number of hydrogen-bond acceptors (Lipinski definition) is 4. The van der Waals surface area contributed by atoms with Crippen molar-refractivity contribution in [2.45, 2.75) is 45.1 Å². The number of piperidine rings is 1. The van der Waals surface area contributed by atoms with E-state index in [-0.39, 0.29) is 17.8 Å². The summed E-state index contributed by atoms with van der Waals surface area (Å²) >= 11 is 0. The molecule has 2 aliphatic rings. The van der Waals surface area contributed by atoms with E-state index in [1.54, 1.807) is 0 Å². The number of carbonyl (C=O) groups excluding carboxylic acids is 2. The molecule has 1 N–H and O–H groups in total. The topological polar surface area (TPSA) is 58.6 Å². The van der Waals surface area contributed by atoms with Gasteiger partial charge in [-0.05, 0) is 39.2 Å². The first-order valence-electron chi connectivity index (χ1n) is 7.38. The second-order valence-corrected chi connectivity index (χ2v) is 5.44. The number of carbonyl (C=O) groups is 2. The molecule has 2 atom stereocenters. The molecule has 2 rings (SSSR count). The summed E-state index contributed by atoms with van der Waals surface area (Å²) in [4.78, 5) is 25.8. The zero-order valence-electron chi connectivity index (χ0n) is 11.7. The van der Waals surface area contributed by atoms with Gasteiger partial charge in [-0.2, -0.15) is 0 Å². The third kappa shape index (κ3) is 3.93. The molecule has 0 aliphatic carbocycles. The van der Waals surface area contributed by atoms with Crippen LogP contribution in [0.1, 0.15) is 39.0 Å². The molecule has 2 heterocycles. The SMILES string of the molecule is CCOC(=O)C1CCCN(C2CCCNC(=O)C2)C1. The standard InChI is InChI=1S/C14H24N2O3/c1-2-19-14(18)11-5-4-8-16(10-11)12-6-3-7-15-13(17)9-12/h11-12H,2-10H2,1H3,(H,15,17). The molecule has 5 nitrogen and oxygen atoms in total. The first-order chi connectivity index (χ1) is 9.20. The van der Waals surface area contributed by atoms with Gasteiger partial charge in [0, 0.05) is 25.6 Å². The van der Waals surface area contributed by atoms with E-state index in [1.807, 2.05) is 6.92 Å². The molecule has 1 amide bonds. The summed E-state index contributed by atoms with van der Waals surface area (Å²) in [5.41, 5.74) is 0. The molecular formula is C14H24N2O3. The lowest BCUT2D eigenvalue weighted by atomic mass is 9.95. The maximum absolute atomic E-state index is 11.8. The molecular weight excluding hydrogens is 244 g/mol. The van der Waals surface area contributed by atoms with Crippen molar-refractivity contribution in [3.8, 4) is 0 Å². The summed E-state index contributed by atoms with van der Waals surface area (Å²) in [5.74, 6) is 0.0473. The van der Waals surface area contributed by atoms with Gasteiger partial charge >= 0.3 is 5.97 Å². The molecule has 5 heteroatoms. The van der Waals surface area contributed by atoms with Gasteiger partial charge in [0.25, 0.3) is 0 Å². The van der Waals surface area contributed by atoms with Gasteiger partial charge in [0.05, 0.1) is 12.5 Å². The third-order valence-corrected chi connectivity index (χ3v) is 4.05. The van der Waals surface area contributed by atoms with E-state index >= 15 is 0 Å². The quantitative estimate of drug-likeness (QED) is 0.774. The summed E-state index contributed by atoms with van der Waals surface area (Å²) < 4.78 is 5.12. The fraction of sp³-hybridized carbons (Fsp3) is 0.857. The highest BCUT2D eigenvalue weighted by atomic mass is 16.5. The molecule has 0 spiro atoms. The van der Waals surface area contributed by atoms with Crippen LogP contribution in [0.25, 0.3) is 0 Å². The van der Waals surface area contributed by atoms with Crippen LogP contribution in [0.3, 0.4) is 0 Å². The lowest BCUT2D eigenvalue weighted by Crippen LogP contribution is -2.45. The van der Waals surface area contributed by atoms with E-state index in [2.05, 4.69) is 10.2 Å². The van der Waals surface area contributed by atoms with Crippen LogP contribution in [0, 0.1) is 5.92 Å². The minimum atomic E-state index is -0.0785. The smallest absolute Gasteiger partial charge is 0.310 e. The number of nitrogens with one attached hydrogen (secondary N) is 1. The average Bonchev–Trinajstić information content (AvgIpc) is 2.64. The van der Waals surface area contributed by atoms with Gasteiger partial charge in [-0.3, -0.25) is 14.5 Å². The Morgan fingerprint density at radius 3 is 3.05 bits per heavy atom. The van der Waals surface area contributed by atoms with Gasteiger partial charge in [-0.1, -0.05) is 0 Å². The van der Waals surface area contributed by atoms with Crippen LogP contribution in [0.5, 0.6) is 0 Å². The largest absolute Gasteiger partial charge is 0.466 e. The van der Waals surface area contributed by atoms with Gasteiger partial charge in [-0.25, -0.2) is 0 Å². The monoisotopic (exact) mass is 268 g/mol. The molecule has 19 heavy (non-hydrogen) atoms. The molecule has 0 aromatic heterocycles. The normalized spacial score (nSPS) is 29.4. The van der Waals surface area contributed by atoms with Crippen molar-refractivity contribution < 1.29 is 14.3 Å². The summed E-state index contributed by atoms with van der Waals surface area (Å²) in [6.45, 7) is 4.81. The van der Waals surface area contributed by atoms with Gasteiger partial charge in [0.2, 0.25) is 5.91 Å². The Morgan fingerprint density at radius 2 is 2.26 bits per heavy atom. The van der Waals surface area contributed by atoms with Crippen molar-refractivity contribution in [2.24, 2.45) is 5.92 Å². The summed E-state index contributed by atoms with van der Waals surface area (Å²) in [6.07, 6.45) is 4.55. The molecule has 2 unspecified atom stereocenters. The number of amides is 1. The van der Waals surface area contributed by atoms with Crippen LogP contribution in [-0.4, -0.2) is 49.1 Å². The number of esters is 1. The Balaban J connectivity index is 1.92. The minimum absolute atomic E-state index is 0.0139. The van der Waals surface area contributed by atoms with Gasteiger partial charge < -0.3 is 10.1 Å². The van der Waals surface area contributed by atoms with Crippen molar-refractivity contribution in [1.82, 2.24) is 10.2 Å². The zero-order valence-corrected chi connectivity index (χ0v) is 11.7. The predicted octanol–water partition coefficient (Wildman–Crippen LogP) is 0.930. The van der Waals surface area contributed by atoms with Crippen molar-refractivity contribution in [3.63, 3.8) is 0 Å². The average molecular weight is 268 g/mol. The van der Waals surface area contributed by atoms with E-state index in [4.69, 9.17) is 4.74 Å². The fourth-order valence-corrected chi connectivity index (χ4v) is 3.06.